The molecule has 0 radical (unpaired) electrons. The zero-order valence-electron chi connectivity index (χ0n) is 82.2. The second kappa shape index (κ2) is 42.8. The van der Waals surface area contributed by atoms with Gasteiger partial charge in [0.25, 0.3) is 0 Å². The Morgan fingerprint density at radius 3 is 1.20 bits per heavy atom. The Bertz CT molecular complexity index is 8940. The number of hydrogen-bond donors (Lipinski definition) is 5. The topological polar surface area (TPSA) is 366 Å². The number of aryl methyl sites for hydroxylation is 11. The summed E-state index contributed by atoms with van der Waals surface area (Å²) in [6.07, 6.45) is 8.67. The number of halogens is 5. The summed E-state index contributed by atoms with van der Waals surface area (Å²) in [6.45, 7) is 30.2. The second-order valence-electron chi connectivity index (χ2n) is 35.9. The summed E-state index contributed by atoms with van der Waals surface area (Å²) in [7, 11) is 0. The fraction of sp³-hybridized carbons (Fsp3) is 0.139. The highest BCUT2D eigenvalue weighted by Crippen LogP contribution is 2.41. The van der Waals surface area contributed by atoms with Crippen molar-refractivity contribution >= 4 is 164 Å². The van der Waals surface area contributed by atoms with Crippen molar-refractivity contribution in [3.63, 3.8) is 0 Å². The minimum atomic E-state index is -1.09. The van der Waals surface area contributed by atoms with Crippen LogP contribution >= 0.6 is 79.6 Å². The zero-order chi connectivity index (χ0) is 105. The van der Waals surface area contributed by atoms with Crippen LogP contribution in [0.25, 0.3) is 151 Å². The first-order chi connectivity index (χ1) is 70.3. The van der Waals surface area contributed by atoms with Gasteiger partial charge >= 0.3 is 29.8 Å². The molecular weight excluding hydrogens is 2180 g/mol. The summed E-state index contributed by atoms with van der Waals surface area (Å²) < 4.78 is 12.6. The molecule has 0 aliphatic heterocycles. The minimum absolute atomic E-state index is 0.0276. The average molecular weight is 2270 g/mol. The van der Waals surface area contributed by atoms with E-state index in [2.05, 4.69) is 220 Å². The third kappa shape index (κ3) is 21.4. The smallest absolute Gasteiger partial charge is 0.355 e. The van der Waals surface area contributed by atoms with Gasteiger partial charge in [-0.3, -0.25) is 4.98 Å². The van der Waals surface area contributed by atoms with Gasteiger partial charge in [-0.1, -0.05) is 171 Å². The lowest BCUT2D eigenvalue weighted by molar-refractivity contribution is 0.0683. The maximum Gasteiger partial charge on any atom is 0.355 e. The van der Waals surface area contributed by atoms with E-state index in [1.165, 1.54) is 0 Å². The minimum Gasteiger partial charge on any atom is -0.478 e. The first kappa shape index (κ1) is 103. The Kier molecular flexibility index (Phi) is 29.9. The van der Waals surface area contributed by atoms with Crippen LogP contribution in [-0.4, -0.2) is 139 Å². The van der Waals surface area contributed by atoms with Crippen LogP contribution in [0.15, 0.2) is 273 Å². The molecule has 0 aliphatic rings. The van der Waals surface area contributed by atoms with Gasteiger partial charge in [0.2, 0.25) is 0 Å². The molecule has 0 amide bonds. The lowest BCUT2D eigenvalue weighted by atomic mass is 10.0. The van der Waals surface area contributed by atoms with E-state index >= 15 is 0 Å². The largest absolute Gasteiger partial charge is 0.478 e. The van der Waals surface area contributed by atoms with Crippen LogP contribution in [0.5, 0.6) is 0 Å². The van der Waals surface area contributed by atoms with Crippen LogP contribution < -0.4 is 0 Å². The first-order valence-electron chi connectivity index (χ1n) is 46.3. The maximum absolute atomic E-state index is 12.1. The Balaban J connectivity index is 0.000000126. The molecule has 5 N–H and O–H groups in total. The van der Waals surface area contributed by atoms with Gasteiger partial charge < -0.3 is 25.5 Å². The van der Waals surface area contributed by atoms with Crippen molar-refractivity contribution in [3.8, 4) is 96.1 Å². The van der Waals surface area contributed by atoms with Crippen molar-refractivity contribution in [2.75, 3.05) is 0 Å². The van der Waals surface area contributed by atoms with Crippen LogP contribution in [0.3, 0.4) is 0 Å². The average Bonchev–Trinajstić information content (AvgIpc) is 1.71. The molecule has 11 heterocycles. The van der Waals surface area contributed by atoms with Gasteiger partial charge in [0, 0.05) is 85.0 Å². The van der Waals surface area contributed by atoms with E-state index in [1.807, 2.05) is 186 Å². The summed E-state index contributed by atoms with van der Waals surface area (Å²) in [6, 6.07) is 71.0. The number of pyridine rings is 5. The number of fused-ring (bicyclic) bond motifs is 5. The molecule has 27 nitrogen and oxygen atoms in total. The van der Waals surface area contributed by atoms with Crippen molar-refractivity contribution in [2.45, 2.75) is 109 Å². The van der Waals surface area contributed by atoms with Gasteiger partial charge in [0.1, 0.15) is 11.2 Å². The summed E-state index contributed by atoms with van der Waals surface area (Å²) in [5.74, 6) is -4.73. The predicted octanol–water partition coefficient (Wildman–Crippen LogP) is 28.0. The number of aromatic carboxylic acids is 5. The number of carboxylic acids is 5. The summed E-state index contributed by atoms with van der Waals surface area (Å²) >= 11 is 17.2. The van der Waals surface area contributed by atoms with Gasteiger partial charge in [0.15, 0.2) is 11.5 Å². The van der Waals surface area contributed by atoms with E-state index < -0.39 is 29.8 Å². The SMILES string of the molecule is Cc1ccc(C)c(-n2cc(-c3cc(C(=O)O)c4cc(Br)ccc4n3)c(-c3ccccc3)n2)c1.Cc1ccc(C)c(-n2nc(C)c(-c3cc(C(=O)O)c4cc(Br)ccc4n3)c2C)c1.Cc1ccc(C)c(-n2ncc(-c3cc(C(=O)O)c4cc(Br)cc(CBr)c4n3)c2C)c1.Cc1ccc(C)c(-n2ncc(-c3cc(C(=O)O)c4ncccc4n3)c2C)c1.Cc1ccc(C)c(-n2ncc(-c3nc(C(=O)O)c4cc(Br)ccc4n3)c2C)c1. The number of alkyl halides is 1. The number of carbonyl (C=O) groups is 5. The molecule has 147 heavy (non-hydrogen) atoms. The van der Waals surface area contributed by atoms with E-state index in [1.54, 1.807) is 91.5 Å². The third-order valence-corrected chi connectivity index (χ3v) is 27.9. The van der Waals surface area contributed by atoms with Crippen LogP contribution in [0, 0.1) is 104 Å². The molecule has 10 aromatic carbocycles. The predicted molar refractivity (Wildman–Crippen MR) is 592 cm³/mol. The Morgan fingerprint density at radius 2 is 0.721 bits per heavy atom. The molecule has 21 aromatic rings. The van der Waals surface area contributed by atoms with Crippen molar-refractivity contribution < 1.29 is 49.5 Å². The van der Waals surface area contributed by atoms with Crippen molar-refractivity contribution in [3.05, 3.63) is 391 Å². The van der Waals surface area contributed by atoms with Gasteiger partial charge in [0.05, 0.1) is 154 Å². The quantitative estimate of drug-likeness (QED) is 0.0529. The molecular formula is C115H94Br5N17O10. The lowest BCUT2D eigenvalue weighted by Crippen LogP contribution is -2.06. The molecule has 0 unspecified atom stereocenters. The van der Waals surface area contributed by atoms with E-state index in [0.717, 1.165) is 170 Å². The summed E-state index contributed by atoms with van der Waals surface area (Å²) in [5, 5.41) is 74.9. The molecule has 32 heteroatoms. The number of nitrogens with zero attached hydrogens (tertiary/aromatic N) is 17. The van der Waals surface area contributed by atoms with E-state index in [0.29, 0.717) is 94.1 Å². The summed E-state index contributed by atoms with van der Waals surface area (Å²) in [5.41, 5.74) is 33.7. The van der Waals surface area contributed by atoms with Gasteiger partial charge in [-0.15, -0.1) is 0 Å². The molecule has 0 spiro atoms. The van der Waals surface area contributed by atoms with Crippen molar-refractivity contribution in [2.24, 2.45) is 0 Å². The number of carboxylic acid groups (broad SMARTS) is 5. The molecule has 0 saturated heterocycles. The molecule has 0 aliphatic carbocycles. The molecule has 0 fully saturated rings. The first-order valence-corrected chi connectivity index (χ1v) is 50.6. The van der Waals surface area contributed by atoms with Gasteiger partial charge in [-0.25, -0.2) is 77.3 Å². The Labute approximate surface area is 886 Å². The fourth-order valence-electron chi connectivity index (χ4n) is 17.7. The second-order valence-corrected chi connectivity index (χ2v) is 40.1. The maximum atomic E-state index is 12.1. The number of benzene rings is 10. The highest BCUT2D eigenvalue weighted by atomic mass is 79.9. The third-order valence-electron chi connectivity index (χ3n) is 25.4. The molecule has 21 rings (SSSR count). The van der Waals surface area contributed by atoms with Crippen LogP contribution in [0.4, 0.5) is 0 Å². The molecule has 11 aromatic heterocycles. The fourth-order valence-corrected chi connectivity index (χ4v) is 19.7. The molecule has 734 valence electrons. The Hall–Kier alpha value is -15.9. The van der Waals surface area contributed by atoms with Crippen molar-refractivity contribution in [1.29, 1.82) is 0 Å². The standard InChI is InChI=1S/C27H20BrN3O2.C23H19Br2N3O2.C23H20BrN3O2.C21H17BrN4O2.C21H18N4O2/c1-16-8-9-17(2)25(12-16)31-15-22(26(30-31)18-6-4-3-5-7-18)24-14-21(27(32)33)20-13-19(28)10-11-23(20)29-24;1-12-4-5-13(2)21(6-12)28-14(3)19(11-26-28)20-9-18(23(29)30)17-8-16(25)7-15(10-24)22(17)27-20;1-12-5-6-13(2)21(9-12)27-15(4)22(14(3)26-27)20-11-18(23(28)29)17-10-16(24)7-8-19(17)25-20;1-11-4-5-12(2)18(8-11)26-13(3)16(10-23-26)20-24-17-7-6-14(22)9-15(17)19(25-20)21(27)28;1-12-6-7-13(2)19(9-12)25-14(3)16(11-23-25)18-10-15(21(26)27)20-17(24-18)5-4-8-22-20/h3-15H,1-2H3,(H,32,33);4-9,11H,10H2,1-3H3,(H,29,30);5-11H,1-4H3,(H,28,29);4-10H,1-3H3,(H,27,28);4-11H,1-3H3,(H,26,27). The van der Waals surface area contributed by atoms with Crippen molar-refractivity contribution in [1.82, 2.24) is 83.8 Å². The van der Waals surface area contributed by atoms with Gasteiger partial charge in [-0.05, 0) is 299 Å². The van der Waals surface area contributed by atoms with E-state index in [9.17, 15) is 49.5 Å². The highest BCUT2D eigenvalue weighted by molar-refractivity contribution is 9.11. The Morgan fingerprint density at radius 1 is 0.320 bits per heavy atom. The molecule has 0 saturated carbocycles. The van der Waals surface area contributed by atoms with E-state index in [4.69, 9.17) is 25.1 Å². The van der Waals surface area contributed by atoms with Crippen LogP contribution in [0.1, 0.15) is 142 Å². The molecule has 0 bridgehead atoms. The van der Waals surface area contributed by atoms with Gasteiger partial charge in [-0.2, -0.15) is 25.5 Å². The highest BCUT2D eigenvalue weighted by Gasteiger charge is 2.28. The number of rotatable bonds is 17. The number of aromatic nitrogens is 17. The number of hydrogen-bond acceptors (Lipinski definition) is 17. The molecule has 0 atom stereocenters. The van der Waals surface area contributed by atoms with Crippen LogP contribution in [-0.2, 0) is 5.33 Å². The van der Waals surface area contributed by atoms with E-state index in [-0.39, 0.29) is 27.9 Å². The zero-order valence-corrected chi connectivity index (χ0v) is 90.2. The summed E-state index contributed by atoms with van der Waals surface area (Å²) in [4.78, 5) is 91.7. The lowest BCUT2D eigenvalue weighted by Gasteiger charge is -2.12. The van der Waals surface area contributed by atoms with Crippen LogP contribution in [0.2, 0.25) is 0 Å². The normalized spacial score (nSPS) is 11.2. The monoisotopic (exact) mass is 2270 g/mol.